The van der Waals surface area contributed by atoms with E-state index in [9.17, 15) is 4.79 Å². The Labute approximate surface area is 90.7 Å². The minimum absolute atomic E-state index is 0.125. The lowest BCUT2D eigenvalue weighted by atomic mass is 10.1. The molecular weight excluding hydrogens is 210 g/mol. The van der Waals surface area contributed by atoms with Gasteiger partial charge in [-0.25, -0.2) is 9.78 Å². The molecule has 0 aliphatic rings. The molecule has 0 aliphatic carbocycles. The summed E-state index contributed by atoms with van der Waals surface area (Å²) < 4.78 is 5.00. The van der Waals surface area contributed by atoms with Crippen LogP contribution in [0.5, 0.6) is 0 Å². The van der Waals surface area contributed by atoms with Crippen molar-refractivity contribution in [1.29, 1.82) is 0 Å². The minimum Gasteiger partial charge on any atom is -0.476 e. The number of aromatic nitrogens is 2. The Balaban J connectivity index is 2.38. The smallest absolute Gasteiger partial charge is 0.358 e. The van der Waals surface area contributed by atoms with Crippen LogP contribution in [0.25, 0.3) is 0 Å². The fourth-order valence-corrected chi connectivity index (χ4v) is 1.35. The summed E-state index contributed by atoms with van der Waals surface area (Å²) in [6, 6.07) is 2.78. The van der Waals surface area contributed by atoms with Gasteiger partial charge in [-0.2, -0.15) is 0 Å². The Morgan fingerprint density at radius 1 is 1.56 bits per heavy atom. The maximum atomic E-state index is 10.8. The van der Waals surface area contributed by atoms with Gasteiger partial charge in [0.2, 0.25) is 0 Å². The van der Waals surface area contributed by atoms with E-state index in [0.29, 0.717) is 5.56 Å². The van der Waals surface area contributed by atoms with Gasteiger partial charge in [-0.1, -0.05) is 6.07 Å². The Morgan fingerprint density at radius 3 is 3.00 bits per heavy atom. The molecular formula is C10H9N3O3. The van der Waals surface area contributed by atoms with Gasteiger partial charge in [0.1, 0.15) is 0 Å². The first-order valence-electron chi connectivity index (χ1n) is 4.52. The van der Waals surface area contributed by atoms with Gasteiger partial charge in [0, 0.05) is 12.4 Å². The highest BCUT2D eigenvalue weighted by Crippen LogP contribution is 2.21. The van der Waals surface area contributed by atoms with Gasteiger partial charge in [0.05, 0.1) is 6.04 Å². The summed E-state index contributed by atoms with van der Waals surface area (Å²) in [5.41, 5.74) is 6.36. The monoisotopic (exact) mass is 219 g/mol. The quantitative estimate of drug-likeness (QED) is 0.792. The van der Waals surface area contributed by atoms with Gasteiger partial charge in [-0.15, -0.1) is 0 Å². The third-order valence-corrected chi connectivity index (χ3v) is 2.12. The number of oxazole rings is 1. The molecule has 2 aromatic rings. The molecule has 3 N–H and O–H groups in total. The van der Waals surface area contributed by atoms with Crippen molar-refractivity contribution < 1.29 is 14.3 Å². The van der Waals surface area contributed by atoms with Crippen molar-refractivity contribution in [3.63, 3.8) is 0 Å². The second kappa shape index (κ2) is 4.11. The van der Waals surface area contributed by atoms with Crippen molar-refractivity contribution >= 4 is 5.97 Å². The number of pyridine rings is 1. The van der Waals surface area contributed by atoms with Crippen molar-refractivity contribution in [3.8, 4) is 0 Å². The van der Waals surface area contributed by atoms with E-state index in [4.69, 9.17) is 15.3 Å². The topological polar surface area (TPSA) is 102 Å². The molecule has 0 aromatic carbocycles. The van der Waals surface area contributed by atoms with Crippen molar-refractivity contribution in [2.75, 3.05) is 0 Å². The summed E-state index contributed by atoms with van der Waals surface area (Å²) >= 11 is 0. The summed E-state index contributed by atoms with van der Waals surface area (Å²) in [6.45, 7) is 0. The highest BCUT2D eigenvalue weighted by molar-refractivity contribution is 5.86. The van der Waals surface area contributed by atoms with Gasteiger partial charge >= 0.3 is 5.97 Å². The summed E-state index contributed by atoms with van der Waals surface area (Å²) in [4.78, 5) is 18.3. The molecule has 0 bridgehead atoms. The van der Waals surface area contributed by atoms with Crippen molar-refractivity contribution in [1.82, 2.24) is 9.97 Å². The third kappa shape index (κ3) is 1.78. The van der Waals surface area contributed by atoms with Crippen LogP contribution in [0.15, 0.2) is 35.3 Å². The van der Waals surface area contributed by atoms with Crippen LogP contribution in [0, 0.1) is 0 Å². The fraction of sp³-hybridized carbons (Fsp3) is 0.100. The SMILES string of the molecule is NC(c1cccnc1)c1ocnc1C(=O)O. The second-order valence-corrected chi connectivity index (χ2v) is 3.13. The number of nitrogens with zero attached hydrogens (tertiary/aromatic N) is 2. The molecule has 6 nitrogen and oxygen atoms in total. The molecule has 0 fully saturated rings. The molecule has 2 aromatic heterocycles. The Kier molecular flexibility index (Phi) is 2.65. The first-order chi connectivity index (χ1) is 7.70. The second-order valence-electron chi connectivity index (χ2n) is 3.13. The summed E-state index contributed by atoms with van der Waals surface area (Å²) in [5.74, 6) is -1.04. The van der Waals surface area contributed by atoms with Crippen LogP contribution < -0.4 is 5.73 Å². The highest BCUT2D eigenvalue weighted by Gasteiger charge is 2.22. The number of carbonyl (C=O) groups is 1. The molecule has 0 saturated carbocycles. The molecule has 0 spiro atoms. The van der Waals surface area contributed by atoms with E-state index in [0.717, 1.165) is 6.39 Å². The van der Waals surface area contributed by atoms with E-state index >= 15 is 0 Å². The van der Waals surface area contributed by atoms with E-state index < -0.39 is 12.0 Å². The van der Waals surface area contributed by atoms with E-state index in [2.05, 4.69) is 9.97 Å². The molecule has 1 unspecified atom stereocenters. The number of nitrogens with two attached hydrogens (primary N) is 1. The van der Waals surface area contributed by atoms with E-state index in [1.807, 2.05) is 0 Å². The summed E-state index contributed by atoms with van der Waals surface area (Å²) in [7, 11) is 0. The lowest BCUT2D eigenvalue weighted by Crippen LogP contribution is -2.15. The van der Waals surface area contributed by atoms with Crippen LogP contribution in [0.2, 0.25) is 0 Å². The van der Waals surface area contributed by atoms with Crippen molar-refractivity contribution in [3.05, 3.63) is 47.9 Å². The first kappa shape index (κ1) is 10.3. The normalized spacial score (nSPS) is 12.3. The van der Waals surface area contributed by atoms with Gasteiger partial charge in [-0.05, 0) is 11.6 Å². The number of carboxylic acids is 1. The first-order valence-corrected chi connectivity index (χ1v) is 4.52. The Bertz CT molecular complexity index is 495. The summed E-state index contributed by atoms with van der Waals surface area (Å²) in [5, 5.41) is 8.86. The fourth-order valence-electron chi connectivity index (χ4n) is 1.35. The average Bonchev–Trinajstić information content (AvgIpc) is 2.78. The maximum Gasteiger partial charge on any atom is 0.358 e. The number of carboxylic acid groups (broad SMARTS) is 1. The third-order valence-electron chi connectivity index (χ3n) is 2.12. The minimum atomic E-state index is -1.16. The zero-order valence-corrected chi connectivity index (χ0v) is 8.20. The van der Waals surface area contributed by atoms with E-state index in [-0.39, 0.29) is 11.5 Å². The van der Waals surface area contributed by atoms with Crippen molar-refractivity contribution in [2.24, 2.45) is 5.73 Å². The number of aromatic carboxylic acids is 1. The number of hydrogen-bond acceptors (Lipinski definition) is 5. The number of hydrogen-bond donors (Lipinski definition) is 2. The molecule has 1 atom stereocenters. The number of rotatable bonds is 3. The Morgan fingerprint density at radius 2 is 2.38 bits per heavy atom. The molecule has 0 saturated heterocycles. The predicted molar refractivity (Wildman–Crippen MR) is 53.7 cm³/mol. The van der Waals surface area contributed by atoms with E-state index in [1.165, 1.54) is 0 Å². The van der Waals surface area contributed by atoms with Crippen LogP contribution in [0.3, 0.4) is 0 Å². The van der Waals surface area contributed by atoms with Crippen LogP contribution in [-0.2, 0) is 0 Å². The molecule has 16 heavy (non-hydrogen) atoms. The van der Waals surface area contributed by atoms with Gasteiger partial charge in [0.15, 0.2) is 17.8 Å². The molecule has 6 heteroatoms. The Hall–Kier alpha value is -2.21. The van der Waals surface area contributed by atoms with Crippen LogP contribution in [0.4, 0.5) is 0 Å². The molecule has 0 amide bonds. The molecule has 82 valence electrons. The van der Waals surface area contributed by atoms with Crippen molar-refractivity contribution in [2.45, 2.75) is 6.04 Å². The van der Waals surface area contributed by atoms with E-state index in [1.54, 1.807) is 24.5 Å². The van der Waals surface area contributed by atoms with Gasteiger partial charge in [0.25, 0.3) is 0 Å². The van der Waals surface area contributed by atoms with Crippen LogP contribution in [0.1, 0.15) is 27.9 Å². The highest BCUT2D eigenvalue weighted by atomic mass is 16.4. The molecule has 0 aliphatic heterocycles. The largest absolute Gasteiger partial charge is 0.476 e. The molecule has 2 rings (SSSR count). The zero-order chi connectivity index (χ0) is 11.5. The predicted octanol–water partition coefficient (Wildman–Crippen LogP) is 0.816. The zero-order valence-electron chi connectivity index (χ0n) is 8.20. The standard InChI is InChI=1S/C10H9N3O3/c11-7(6-2-1-3-12-4-6)9-8(10(14)15)13-5-16-9/h1-5,7H,11H2,(H,14,15). The summed E-state index contributed by atoms with van der Waals surface area (Å²) in [6.07, 6.45) is 4.22. The van der Waals surface area contributed by atoms with Gasteiger partial charge < -0.3 is 15.3 Å². The maximum absolute atomic E-state index is 10.8. The van der Waals surface area contributed by atoms with Crippen LogP contribution >= 0.6 is 0 Å². The van der Waals surface area contributed by atoms with Gasteiger partial charge in [-0.3, -0.25) is 4.98 Å². The van der Waals surface area contributed by atoms with Crippen LogP contribution in [-0.4, -0.2) is 21.0 Å². The molecule has 2 heterocycles. The lowest BCUT2D eigenvalue weighted by molar-refractivity contribution is 0.0688. The molecule has 0 radical (unpaired) electrons. The average molecular weight is 219 g/mol. The lowest BCUT2D eigenvalue weighted by Gasteiger charge is -2.08.